The SMILES string of the molecule is CC[C@H](C)[C@H](CO)N1C(=O)[C@@H]2[C@H](C(=O)NC)[C@]3(C)CCC2(S3)C1C(=O)NCc1ccccc1. The van der Waals surface area contributed by atoms with Crippen molar-refractivity contribution in [1.82, 2.24) is 15.5 Å². The molecule has 7 atom stereocenters. The molecule has 2 bridgehead atoms. The summed E-state index contributed by atoms with van der Waals surface area (Å²) in [4.78, 5) is 42.4. The summed E-state index contributed by atoms with van der Waals surface area (Å²) in [6.07, 6.45) is 2.26. The molecular weight excluding hydrogens is 438 g/mol. The van der Waals surface area contributed by atoms with Crippen LogP contribution >= 0.6 is 11.8 Å². The third kappa shape index (κ3) is 3.66. The fourth-order valence-electron chi connectivity index (χ4n) is 6.27. The number of benzene rings is 1. The van der Waals surface area contributed by atoms with E-state index in [9.17, 15) is 19.5 Å². The first kappa shape index (κ1) is 24.1. The molecule has 0 radical (unpaired) electrons. The minimum Gasteiger partial charge on any atom is -0.394 e. The van der Waals surface area contributed by atoms with Gasteiger partial charge in [-0.05, 0) is 31.2 Å². The standard InChI is InChI=1S/C25H35N3O4S/c1-5-15(2)17(14-29)28-20(22(31)27-13-16-9-7-6-8-10-16)25-12-11-24(3,33-25)18(21(30)26-4)19(25)23(28)32/h6-10,15,17-20,29H,5,11-14H2,1-4H3,(H,26,30)(H,27,31)/t15-,17-,18+,19-,20?,24-,25?/m0/s1. The van der Waals surface area contributed by atoms with Crippen LogP contribution in [0.4, 0.5) is 0 Å². The van der Waals surface area contributed by atoms with Gasteiger partial charge in [0.1, 0.15) is 6.04 Å². The third-order valence-corrected chi connectivity index (χ3v) is 10.1. The van der Waals surface area contributed by atoms with E-state index in [-0.39, 0.29) is 35.0 Å². The Morgan fingerprint density at radius 2 is 1.94 bits per heavy atom. The van der Waals surface area contributed by atoms with Crippen molar-refractivity contribution in [3.63, 3.8) is 0 Å². The van der Waals surface area contributed by atoms with Gasteiger partial charge in [0, 0.05) is 18.3 Å². The van der Waals surface area contributed by atoms with Crippen molar-refractivity contribution in [2.75, 3.05) is 13.7 Å². The van der Waals surface area contributed by atoms with Crippen LogP contribution in [0, 0.1) is 17.8 Å². The lowest BCUT2D eigenvalue weighted by atomic mass is 9.66. The summed E-state index contributed by atoms with van der Waals surface area (Å²) in [5.41, 5.74) is 0.981. The van der Waals surface area contributed by atoms with Crippen molar-refractivity contribution in [2.45, 2.75) is 68.2 Å². The molecule has 0 aromatic heterocycles. The Morgan fingerprint density at radius 3 is 2.55 bits per heavy atom. The molecule has 0 saturated carbocycles. The van der Waals surface area contributed by atoms with E-state index in [0.29, 0.717) is 13.0 Å². The van der Waals surface area contributed by atoms with E-state index in [0.717, 1.165) is 18.4 Å². The Balaban J connectivity index is 1.74. The number of carbonyl (C=O) groups excluding carboxylic acids is 3. The van der Waals surface area contributed by atoms with Crippen molar-refractivity contribution < 1.29 is 19.5 Å². The van der Waals surface area contributed by atoms with Crippen LogP contribution < -0.4 is 10.6 Å². The second-order valence-corrected chi connectivity index (χ2v) is 11.8. The minimum atomic E-state index is -0.716. The number of nitrogens with one attached hydrogen (secondary N) is 2. The van der Waals surface area contributed by atoms with Crippen molar-refractivity contribution in [1.29, 1.82) is 0 Å². The first-order chi connectivity index (χ1) is 15.7. The van der Waals surface area contributed by atoms with E-state index in [2.05, 4.69) is 17.6 Å². The third-order valence-electron chi connectivity index (χ3n) is 8.15. The largest absolute Gasteiger partial charge is 0.394 e. The van der Waals surface area contributed by atoms with Crippen molar-refractivity contribution in [3.8, 4) is 0 Å². The van der Waals surface area contributed by atoms with Crippen LogP contribution in [0.2, 0.25) is 0 Å². The maximum atomic E-state index is 14.0. The molecule has 7 nitrogen and oxygen atoms in total. The van der Waals surface area contributed by atoms with Gasteiger partial charge in [-0.15, -0.1) is 11.8 Å². The highest BCUT2D eigenvalue weighted by Gasteiger charge is 2.77. The lowest BCUT2D eigenvalue weighted by Crippen LogP contribution is -2.57. The van der Waals surface area contributed by atoms with E-state index in [1.54, 1.807) is 23.7 Å². The summed E-state index contributed by atoms with van der Waals surface area (Å²) in [6, 6.07) is 8.50. The van der Waals surface area contributed by atoms with Crippen LogP contribution in [0.3, 0.4) is 0 Å². The van der Waals surface area contributed by atoms with Gasteiger partial charge in [0.2, 0.25) is 17.7 Å². The molecule has 2 unspecified atom stereocenters. The molecule has 8 heteroatoms. The lowest BCUT2D eigenvalue weighted by Gasteiger charge is -2.39. The van der Waals surface area contributed by atoms with Gasteiger partial charge in [0.25, 0.3) is 0 Å². The van der Waals surface area contributed by atoms with Gasteiger partial charge in [0.15, 0.2) is 0 Å². The van der Waals surface area contributed by atoms with Crippen LogP contribution in [-0.2, 0) is 20.9 Å². The number of likely N-dealkylation sites (tertiary alicyclic amines) is 1. The summed E-state index contributed by atoms with van der Waals surface area (Å²) >= 11 is 1.65. The Bertz CT molecular complexity index is 927. The first-order valence-electron chi connectivity index (χ1n) is 11.9. The zero-order valence-corrected chi connectivity index (χ0v) is 20.7. The molecule has 1 aromatic rings. The Labute approximate surface area is 200 Å². The summed E-state index contributed by atoms with van der Waals surface area (Å²) in [5, 5.41) is 16.1. The fraction of sp³-hybridized carbons (Fsp3) is 0.640. The van der Waals surface area contributed by atoms with E-state index in [1.807, 2.05) is 44.2 Å². The van der Waals surface area contributed by atoms with Gasteiger partial charge < -0.3 is 20.6 Å². The van der Waals surface area contributed by atoms with E-state index < -0.39 is 28.7 Å². The topological polar surface area (TPSA) is 98.7 Å². The highest BCUT2D eigenvalue weighted by molar-refractivity contribution is 8.02. The smallest absolute Gasteiger partial charge is 0.244 e. The number of hydrogen-bond acceptors (Lipinski definition) is 5. The van der Waals surface area contributed by atoms with Crippen LogP contribution in [-0.4, -0.2) is 63.0 Å². The zero-order valence-electron chi connectivity index (χ0n) is 19.8. The van der Waals surface area contributed by atoms with Crippen LogP contribution in [0.15, 0.2) is 30.3 Å². The van der Waals surface area contributed by atoms with E-state index in [4.69, 9.17) is 0 Å². The van der Waals surface area contributed by atoms with Gasteiger partial charge >= 0.3 is 0 Å². The number of carbonyl (C=O) groups is 3. The second-order valence-electron chi connectivity index (χ2n) is 9.93. The molecule has 0 aliphatic carbocycles. The average molecular weight is 474 g/mol. The molecule has 3 aliphatic rings. The summed E-state index contributed by atoms with van der Waals surface area (Å²) in [5.74, 6) is -1.54. The molecule has 4 rings (SSSR count). The van der Waals surface area contributed by atoms with Crippen molar-refractivity contribution >= 4 is 29.5 Å². The van der Waals surface area contributed by atoms with Gasteiger partial charge in [-0.25, -0.2) is 0 Å². The number of amides is 3. The Hall–Kier alpha value is -2.06. The van der Waals surface area contributed by atoms with Crippen molar-refractivity contribution in [2.24, 2.45) is 17.8 Å². The van der Waals surface area contributed by atoms with Crippen LogP contribution in [0.1, 0.15) is 45.6 Å². The predicted octanol–water partition coefficient (Wildman–Crippen LogP) is 1.94. The molecule has 3 saturated heterocycles. The lowest BCUT2D eigenvalue weighted by molar-refractivity contribution is -0.144. The molecule has 3 aliphatic heterocycles. The first-order valence-corrected chi connectivity index (χ1v) is 12.7. The molecule has 180 valence electrons. The van der Waals surface area contributed by atoms with E-state index >= 15 is 0 Å². The number of hydrogen-bond donors (Lipinski definition) is 3. The summed E-state index contributed by atoms with van der Waals surface area (Å²) in [7, 11) is 1.60. The number of rotatable bonds is 8. The van der Waals surface area contributed by atoms with Gasteiger partial charge in [-0.3, -0.25) is 14.4 Å². The van der Waals surface area contributed by atoms with Gasteiger partial charge in [-0.2, -0.15) is 0 Å². The quantitative estimate of drug-likeness (QED) is 0.536. The molecular formula is C25H35N3O4S. The summed E-state index contributed by atoms with van der Waals surface area (Å²) in [6.45, 7) is 6.23. The highest BCUT2D eigenvalue weighted by Crippen LogP contribution is 2.71. The van der Waals surface area contributed by atoms with Crippen LogP contribution in [0.25, 0.3) is 0 Å². The second kappa shape index (κ2) is 8.95. The molecule has 33 heavy (non-hydrogen) atoms. The number of nitrogens with zero attached hydrogens (tertiary/aromatic N) is 1. The molecule has 1 spiro atoms. The van der Waals surface area contributed by atoms with Crippen LogP contribution in [0.5, 0.6) is 0 Å². The predicted molar refractivity (Wildman–Crippen MR) is 128 cm³/mol. The molecule has 3 amide bonds. The zero-order chi connectivity index (χ0) is 24.0. The Morgan fingerprint density at radius 1 is 1.24 bits per heavy atom. The van der Waals surface area contributed by atoms with Gasteiger partial charge in [0.05, 0.1) is 29.2 Å². The molecule has 3 fully saturated rings. The van der Waals surface area contributed by atoms with Crippen molar-refractivity contribution in [3.05, 3.63) is 35.9 Å². The number of aliphatic hydroxyl groups is 1. The minimum absolute atomic E-state index is 0.0230. The number of fused-ring (bicyclic) bond motifs is 1. The fourth-order valence-corrected chi connectivity index (χ4v) is 8.62. The molecule has 3 N–H and O–H groups in total. The molecule has 3 heterocycles. The highest BCUT2D eigenvalue weighted by atomic mass is 32.2. The number of aliphatic hydroxyl groups excluding tert-OH is 1. The van der Waals surface area contributed by atoms with E-state index in [1.165, 1.54) is 0 Å². The maximum Gasteiger partial charge on any atom is 0.244 e. The normalized spacial score (nSPS) is 34.2. The van der Waals surface area contributed by atoms with Gasteiger partial charge in [-0.1, -0.05) is 50.6 Å². The maximum absolute atomic E-state index is 14.0. The monoisotopic (exact) mass is 473 g/mol. The summed E-state index contributed by atoms with van der Waals surface area (Å²) < 4.78 is -1.04. The average Bonchev–Trinajstić information content (AvgIpc) is 3.39. The number of thioether (sulfide) groups is 1. The Kier molecular flexibility index (Phi) is 6.53. The molecule has 1 aromatic carbocycles.